The summed E-state index contributed by atoms with van der Waals surface area (Å²) >= 11 is 5.99. The van der Waals surface area contributed by atoms with E-state index in [-0.39, 0.29) is 6.03 Å². The third kappa shape index (κ3) is 5.38. The molecule has 2 rings (SSSR count). The van der Waals surface area contributed by atoms with Crippen molar-refractivity contribution in [2.75, 3.05) is 25.6 Å². The summed E-state index contributed by atoms with van der Waals surface area (Å²) < 4.78 is 10.7. The van der Waals surface area contributed by atoms with Crippen molar-refractivity contribution in [1.29, 1.82) is 0 Å². The highest BCUT2D eigenvalue weighted by Gasteiger charge is 2.06. The quantitative estimate of drug-likeness (QED) is 0.754. The Kier molecular flexibility index (Phi) is 6.56. The van der Waals surface area contributed by atoms with Crippen LogP contribution >= 0.6 is 11.6 Å². The number of anilines is 1. The van der Waals surface area contributed by atoms with E-state index in [4.69, 9.17) is 21.1 Å². The Labute approximate surface area is 140 Å². The third-order valence-electron chi connectivity index (χ3n) is 3.06. The van der Waals surface area contributed by atoms with Gasteiger partial charge in [-0.3, -0.25) is 0 Å². The average Bonchev–Trinajstić information content (AvgIpc) is 2.56. The van der Waals surface area contributed by atoms with Crippen LogP contribution in [0.1, 0.15) is 6.42 Å². The van der Waals surface area contributed by atoms with Crippen molar-refractivity contribution in [2.45, 2.75) is 6.42 Å². The molecule has 5 nitrogen and oxygen atoms in total. The Morgan fingerprint density at radius 1 is 1.09 bits per heavy atom. The van der Waals surface area contributed by atoms with Crippen LogP contribution in [0.15, 0.2) is 48.5 Å². The van der Waals surface area contributed by atoms with E-state index in [1.165, 1.54) is 0 Å². The average molecular weight is 335 g/mol. The van der Waals surface area contributed by atoms with Crippen molar-refractivity contribution in [1.82, 2.24) is 5.32 Å². The monoisotopic (exact) mass is 334 g/mol. The number of hydrogen-bond donors (Lipinski definition) is 2. The number of amides is 2. The highest BCUT2D eigenvalue weighted by molar-refractivity contribution is 6.32. The number of carbonyl (C=O) groups excluding carboxylic acids is 1. The van der Waals surface area contributed by atoms with Gasteiger partial charge >= 0.3 is 6.03 Å². The molecule has 0 heterocycles. The molecule has 6 heteroatoms. The fourth-order valence-electron chi connectivity index (χ4n) is 1.93. The molecular formula is C17H19ClN2O3. The molecule has 122 valence electrons. The maximum atomic E-state index is 11.8. The van der Waals surface area contributed by atoms with E-state index in [0.717, 1.165) is 0 Å². The van der Waals surface area contributed by atoms with Gasteiger partial charge in [0.15, 0.2) is 0 Å². The van der Waals surface area contributed by atoms with Gasteiger partial charge in [0.1, 0.15) is 11.5 Å². The zero-order chi connectivity index (χ0) is 16.5. The highest BCUT2D eigenvalue weighted by Crippen LogP contribution is 2.23. The number of urea groups is 1. The van der Waals surface area contributed by atoms with Gasteiger partial charge in [0.25, 0.3) is 0 Å². The van der Waals surface area contributed by atoms with Gasteiger partial charge in [0.05, 0.1) is 24.4 Å². The molecule has 2 amide bonds. The zero-order valence-corrected chi connectivity index (χ0v) is 13.6. The lowest BCUT2D eigenvalue weighted by Crippen LogP contribution is -2.30. The minimum atomic E-state index is -0.285. The number of rotatable bonds is 7. The number of hydrogen-bond acceptors (Lipinski definition) is 3. The van der Waals surface area contributed by atoms with Crippen LogP contribution in [-0.2, 0) is 0 Å². The van der Waals surface area contributed by atoms with Gasteiger partial charge in [-0.25, -0.2) is 4.79 Å². The maximum Gasteiger partial charge on any atom is 0.319 e. The van der Waals surface area contributed by atoms with Crippen LogP contribution in [0.3, 0.4) is 0 Å². The van der Waals surface area contributed by atoms with Gasteiger partial charge in [-0.1, -0.05) is 35.9 Å². The standard InChI is InChI=1S/C17H19ClN2O3/c1-22-16-10-5-3-8-14(16)20-17(21)19-11-6-12-23-15-9-4-2-7-13(15)18/h2-5,7-10H,6,11-12H2,1H3,(H2,19,20,21). The molecule has 0 aliphatic rings. The van der Waals surface area contributed by atoms with Gasteiger partial charge in [-0.05, 0) is 30.7 Å². The summed E-state index contributed by atoms with van der Waals surface area (Å²) in [6, 6.07) is 14.2. The Balaban J connectivity index is 1.68. The summed E-state index contributed by atoms with van der Waals surface area (Å²) in [4.78, 5) is 11.8. The minimum Gasteiger partial charge on any atom is -0.495 e. The Morgan fingerprint density at radius 2 is 1.78 bits per heavy atom. The van der Waals surface area contributed by atoms with Gasteiger partial charge in [-0.2, -0.15) is 0 Å². The molecule has 2 aromatic rings. The number of carbonyl (C=O) groups is 1. The van der Waals surface area contributed by atoms with Crippen molar-refractivity contribution < 1.29 is 14.3 Å². The largest absolute Gasteiger partial charge is 0.495 e. The third-order valence-corrected chi connectivity index (χ3v) is 3.37. The van der Waals surface area contributed by atoms with E-state index in [1.54, 1.807) is 25.3 Å². The maximum absolute atomic E-state index is 11.8. The zero-order valence-electron chi connectivity index (χ0n) is 12.8. The predicted molar refractivity (Wildman–Crippen MR) is 91.6 cm³/mol. The first-order valence-electron chi connectivity index (χ1n) is 7.26. The van der Waals surface area contributed by atoms with Crippen molar-refractivity contribution in [2.24, 2.45) is 0 Å². The molecule has 0 radical (unpaired) electrons. The van der Waals surface area contributed by atoms with Crippen LogP contribution in [-0.4, -0.2) is 26.3 Å². The molecule has 0 aliphatic heterocycles. The fraction of sp³-hybridized carbons (Fsp3) is 0.235. The van der Waals surface area contributed by atoms with Crippen molar-refractivity contribution in [3.8, 4) is 11.5 Å². The van der Waals surface area contributed by atoms with Crippen molar-refractivity contribution >= 4 is 23.3 Å². The van der Waals surface area contributed by atoms with E-state index < -0.39 is 0 Å². The SMILES string of the molecule is COc1ccccc1NC(=O)NCCCOc1ccccc1Cl. The summed E-state index contributed by atoms with van der Waals surface area (Å²) in [5, 5.41) is 6.09. The molecule has 0 fully saturated rings. The van der Waals surface area contributed by atoms with E-state index in [9.17, 15) is 4.79 Å². The Bertz CT molecular complexity index is 649. The van der Waals surface area contributed by atoms with Crippen LogP contribution in [0.4, 0.5) is 10.5 Å². The number of benzene rings is 2. The second-order valence-corrected chi connectivity index (χ2v) is 5.12. The summed E-state index contributed by atoms with van der Waals surface area (Å²) in [7, 11) is 1.56. The normalized spacial score (nSPS) is 10.0. The van der Waals surface area contributed by atoms with Crippen LogP contribution < -0.4 is 20.1 Å². The summed E-state index contributed by atoms with van der Waals surface area (Å²) in [6.45, 7) is 0.962. The first-order chi connectivity index (χ1) is 11.2. The smallest absolute Gasteiger partial charge is 0.319 e. The van der Waals surface area contributed by atoms with Gasteiger partial charge < -0.3 is 20.1 Å². The number of halogens is 1. The molecule has 0 atom stereocenters. The second-order valence-electron chi connectivity index (χ2n) is 4.71. The van der Waals surface area contributed by atoms with Gasteiger partial charge in [0.2, 0.25) is 0 Å². The first-order valence-corrected chi connectivity index (χ1v) is 7.63. The molecule has 0 bridgehead atoms. The Hall–Kier alpha value is -2.40. The summed E-state index contributed by atoms with van der Waals surface area (Å²) in [5.41, 5.74) is 0.625. The van der Waals surface area contributed by atoms with Crippen LogP contribution in [0.25, 0.3) is 0 Å². The Morgan fingerprint density at radius 3 is 2.52 bits per heavy atom. The van der Waals surface area contributed by atoms with E-state index >= 15 is 0 Å². The molecule has 0 spiro atoms. The summed E-state index contributed by atoms with van der Waals surface area (Å²) in [6.07, 6.45) is 0.671. The molecule has 0 aromatic heterocycles. The lowest BCUT2D eigenvalue weighted by atomic mass is 10.3. The highest BCUT2D eigenvalue weighted by atomic mass is 35.5. The van der Waals surface area contributed by atoms with Crippen molar-refractivity contribution in [3.05, 3.63) is 53.6 Å². The molecule has 23 heavy (non-hydrogen) atoms. The van der Waals surface area contributed by atoms with E-state index in [1.807, 2.05) is 30.3 Å². The van der Waals surface area contributed by atoms with Crippen molar-refractivity contribution in [3.63, 3.8) is 0 Å². The van der Waals surface area contributed by atoms with Crippen LogP contribution in [0, 0.1) is 0 Å². The van der Waals surface area contributed by atoms with Gasteiger partial charge in [0, 0.05) is 6.54 Å². The fourth-order valence-corrected chi connectivity index (χ4v) is 2.12. The molecule has 0 unspecified atom stereocenters. The molecule has 0 aliphatic carbocycles. The number of ether oxygens (including phenoxy) is 2. The predicted octanol–water partition coefficient (Wildman–Crippen LogP) is 3.94. The number of nitrogens with one attached hydrogen (secondary N) is 2. The molecular weight excluding hydrogens is 316 g/mol. The lowest BCUT2D eigenvalue weighted by Gasteiger charge is -2.11. The molecule has 2 N–H and O–H groups in total. The first kappa shape index (κ1) is 17.0. The van der Waals surface area contributed by atoms with Crippen LogP contribution in [0.2, 0.25) is 5.02 Å². The molecule has 0 saturated carbocycles. The second kappa shape index (κ2) is 8.90. The van der Waals surface area contributed by atoms with E-state index in [0.29, 0.717) is 41.8 Å². The number of para-hydroxylation sites is 3. The topological polar surface area (TPSA) is 59.6 Å². The van der Waals surface area contributed by atoms with Crippen LogP contribution in [0.5, 0.6) is 11.5 Å². The van der Waals surface area contributed by atoms with Gasteiger partial charge in [-0.15, -0.1) is 0 Å². The lowest BCUT2D eigenvalue weighted by molar-refractivity contribution is 0.250. The molecule has 0 saturated heterocycles. The molecule has 2 aromatic carbocycles. The number of methoxy groups -OCH3 is 1. The van der Waals surface area contributed by atoms with E-state index in [2.05, 4.69) is 10.6 Å². The minimum absolute atomic E-state index is 0.285. The summed E-state index contributed by atoms with van der Waals surface area (Å²) in [5.74, 6) is 1.26.